The van der Waals surface area contributed by atoms with Crippen molar-refractivity contribution in [2.24, 2.45) is 5.92 Å². The van der Waals surface area contributed by atoms with Gasteiger partial charge in [-0.3, -0.25) is 0 Å². The molecule has 0 fully saturated rings. The van der Waals surface area contributed by atoms with Gasteiger partial charge in [0.2, 0.25) is 13.4 Å². The van der Waals surface area contributed by atoms with Gasteiger partial charge < -0.3 is 9.80 Å². The van der Waals surface area contributed by atoms with Crippen LogP contribution in [-0.4, -0.2) is 13.4 Å². The molecular weight excluding hydrogens is 686 g/mol. The summed E-state index contributed by atoms with van der Waals surface area (Å²) in [6.07, 6.45) is 5.84. The highest BCUT2D eigenvalue weighted by Gasteiger charge is 2.43. The van der Waals surface area contributed by atoms with Gasteiger partial charge in [-0.2, -0.15) is 0 Å². The zero-order valence-electron chi connectivity index (χ0n) is 31.8. The van der Waals surface area contributed by atoms with Crippen molar-refractivity contribution in [2.45, 2.75) is 13.3 Å². The van der Waals surface area contributed by atoms with Crippen LogP contribution in [0.25, 0.3) is 32.3 Å². The molecule has 2 nitrogen and oxygen atoms in total. The number of hydrogen-bond acceptors (Lipinski definition) is 2. The van der Waals surface area contributed by atoms with Gasteiger partial charge in [0.05, 0.1) is 0 Å². The molecule has 9 aromatic rings. The van der Waals surface area contributed by atoms with E-state index in [0.29, 0.717) is 5.92 Å². The Bertz CT molecular complexity index is 3070. The van der Waals surface area contributed by atoms with E-state index < -0.39 is 0 Å². The monoisotopic (exact) mass is 724 g/mol. The Kier molecular flexibility index (Phi) is 7.19. The van der Waals surface area contributed by atoms with Crippen molar-refractivity contribution in [3.8, 4) is 0 Å². The lowest BCUT2D eigenvalue weighted by atomic mass is 9.32. The summed E-state index contributed by atoms with van der Waals surface area (Å²) in [6.45, 7) is 2.51. The van der Waals surface area contributed by atoms with Crippen LogP contribution >= 0.6 is 0 Å². The summed E-state index contributed by atoms with van der Waals surface area (Å²) in [4.78, 5) is 5.15. The summed E-state index contributed by atoms with van der Waals surface area (Å²) in [7, 11) is 0. The van der Waals surface area contributed by atoms with E-state index in [9.17, 15) is 0 Å². The third kappa shape index (κ3) is 4.68. The van der Waals surface area contributed by atoms with Crippen molar-refractivity contribution in [3.05, 3.63) is 205 Å². The van der Waals surface area contributed by atoms with Crippen molar-refractivity contribution in [1.82, 2.24) is 0 Å². The fourth-order valence-corrected chi connectivity index (χ4v) is 10.7. The predicted molar refractivity (Wildman–Crippen MR) is 246 cm³/mol. The van der Waals surface area contributed by atoms with E-state index in [1.165, 1.54) is 99.2 Å². The minimum atomic E-state index is 0.0433. The number of anilines is 5. The van der Waals surface area contributed by atoms with Gasteiger partial charge in [0.1, 0.15) is 0 Å². The predicted octanol–water partition coefficient (Wildman–Crippen LogP) is 10.0. The molecule has 1 unspecified atom stereocenters. The van der Waals surface area contributed by atoms with Crippen LogP contribution in [0.1, 0.15) is 13.3 Å². The summed E-state index contributed by atoms with van der Waals surface area (Å²) in [5.41, 5.74) is 15.7. The highest BCUT2D eigenvalue weighted by atomic mass is 15.2. The lowest BCUT2D eigenvalue weighted by molar-refractivity contribution is 0.716. The maximum atomic E-state index is 2.60. The molecule has 0 bridgehead atoms. The number of fused-ring (bicyclic) bond motifs is 7. The van der Waals surface area contributed by atoms with E-state index in [2.05, 4.69) is 211 Å². The second-order valence-corrected chi connectivity index (χ2v) is 16.0. The molecule has 4 heteroatoms. The van der Waals surface area contributed by atoms with Crippen LogP contribution < -0.4 is 37.1 Å². The van der Waals surface area contributed by atoms with Gasteiger partial charge in [-0.25, -0.2) is 0 Å². The van der Waals surface area contributed by atoms with Crippen LogP contribution in [0.5, 0.6) is 0 Å². The van der Waals surface area contributed by atoms with Crippen LogP contribution in [-0.2, 0) is 0 Å². The Labute approximate surface area is 334 Å². The molecule has 2 heterocycles. The summed E-state index contributed by atoms with van der Waals surface area (Å²) >= 11 is 0. The van der Waals surface area contributed by atoms with E-state index in [1.807, 2.05) is 0 Å². The second kappa shape index (κ2) is 12.6. The lowest BCUT2D eigenvalue weighted by Gasteiger charge is -2.43. The van der Waals surface area contributed by atoms with Gasteiger partial charge in [0.15, 0.2) is 0 Å². The van der Waals surface area contributed by atoms with Gasteiger partial charge in [0, 0.05) is 44.9 Å². The Hall–Kier alpha value is -6.77. The van der Waals surface area contributed by atoms with Crippen LogP contribution in [0.3, 0.4) is 0 Å². The van der Waals surface area contributed by atoms with Crippen LogP contribution in [0.4, 0.5) is 28.4 Å². The molecule has 0 saturated heterocycles. The number of para-hydroxylation sites is 3. The number of benzene rings is 9. The van der Waals surface area contributed by atoms with E-state index in [0.717, 1.165) is 6.42 Å². The molecule has 0 amide bonds. The smallest absolute Gasteiger partial charge is 0.247 e. The van der Waals surface area contributed by atoms with Gasteiger partial charge in [-0.15, -0.1) is 0 Å². The van der Waals surface area contributed by atoms with Crippen molar-refractivity contribution < 1.29 is 0 Å². The zero-order valence-corrected chi connectivity index (χ0v) is 31.8. The summed E-state index contributed by atoms with van der Waals surface area (Å²) in [5, 5.41) is 7.94. The molecule has 1 atom stereocenters. The largest absolute Gasteiger partial charge is 0.311 e. The summed E-state index contributed by atoms with van der Waals surface area (Å²) in [5.74, 6) is 0.450. The third-order valence-corrected chi connectivity index (χ3v) is 12.8. The van der Waals surface area contributed by atoms with Gasteiger partial charge in [-0.05, 0) is 86.7 Å². The van der Waals surface area contributed by atoms with E-state index >= 15 is 0 Å². The average molecular weight is 725 g/mol. The van der Waals surface area contributed by atoms with E-state index in [-0.39, 0.29) is 13.4 Å². The molecule has 0 aromatic heterocycles. The first-order valence-corrected chi connectivity index (χ1v) is 20.3. The fraction of sp³-hybridized carbons (Fsp3) is 0.0566. The molecule has 0 saturated carbocycles. The summed E-state index contributed by atoms with van der Waals surface area (Å²) < 4.78 is 0. The Morgan fingerprint density at radius 3 is 1.54 bits per heavy atom. The average Bonchev–Trinajstić information content (AvgIpc) is 3.28. The SMILES string of the molecule is CC1C=CC2=C(C1)B(c1ccccc1)c1c(c3cccc4c5c(c6cccc1c6c43)N(c1ccccc1)c1ccccc1B5c1ccccc1)N2c1ccccc1. The Balaban J connectivity index is 1.30. The first-order chi connectivity index (χ1) is 28.3. The van der Waals surface area contributed by atoms with Crippen LogP contribution in [0.2, 0.25) is 0 Å². The van der Waals surface area contributed by atoms with Crippen molar-refractivity contribution in [2.75, 3.05) is 9.80 Å². The topological polar surface area (TPSA) is 6.48 Å². The molecule has 1 aliphatic carbocycles. The Morgan fingerprint density at radius 1 is 0.456 bits per heavy atom. The minimum absolute atomic E-state index is 0.0433. The molecule has 266 valence electrons. The molecular formula is C53H38B2N2. The first kappa shape index (κ1) is 32.5. The van der Waals surface area contributed by atoms with Crippen LogP contribution in [0.15, 0.2) is 205 Å². The molecule has 12 rings (SSSR count). The highest BCUT2D eigenvalue weighted by molar-refractivity contribution is 7.00. The minimum Gasteiger partial charge on any atom is -0.311 e. The third-order valence-electron chi connectivity index (χ3n) is 12.8. The van der Waals surface area contributed by atoms with Crippen molar-refractivity contribution >= 4 is 101 Å². The van der Waals surface area contributed by atoms with E-state index in [4.69, 9.17) is 0 Å². The normalized spacial score (nSPS) is 16.0. The maximum Gasteiger partial charge on any atom is 0.247 e. The molecule has 9 aromatic carbocycles. The zero-order chi connectivity index (χ0) is 37.6. The maximum absolute atomic E-state index is 2.60. The number of hydrogen-bond donors (Lipinski definition) is 0. The van der Waals surface area contributed by atoms with Crippen molar-refractivity contribution in [1.29, 1.82) is 0 Å². The molecule has 2 aliphatic heterocycles. The van der Waals surface area contributed by atoms with Crippen LogP contribution in [0, 0.1) is 5.92 Å². The quantitative estimate of drug-likeness (QED) is 0.132. The molecule has 0 N–H and O–H groups in total. The van der Waals surface area contributed by atoms with Gasteiger partial charge in [-0.1, -0.05) is 181 Å². The standard InChI is InChI=1S/C53H38B2N2/c1-35-32-33-47-45(34-35)55(37-20-8-3-9-21-37)51-41-27-17-28-42-49(41)48-40(26-16-29-43(48)53(51)57(47)39-24-12-5-13-25-39)50-52(42)56(38-22-10-4-11-23-38)46-31-15-14-30-44(46)54(50)36-18-6-2-7-19-36/h2-33,35H,34H2,1H3. The molecule has 0 spiro atoms. The molecule has 3 aliphatic rings. The number of nitrogens with zero attached hydrogens (tertiary/aromatic N) is 2. The fourth-order valence-electron chi connectivity index (χ4n) is 10.7. The molecule has 0 radical (unpaired) electrons. The highest BCUT2D eigenvalue weighted by Crippen LogP contribution is 2.50. The second-order valence-electron chi connectivity index (χ2n) is 16.0. The first-order valence-electron chi connectivity index (χ1n) is 20.3. The van der Waals surface area contributed by atoms with Gasteiger partial charge in [0.25, 0.3) is 0 Å². The lowest BCUT2D eigenvalue weighted by Crippen LogP contribution is -2.57. The number of allylic oxidation sites excluding steroid dienone is 3. The van der Waals surface area contributed by atoms with Crippen molar-refractivity contribution in [3.63, 3.8) is 0 Å². The molecule has 57 heavy (non-hydrogen) atoms. The Morgan fingerprint density at radius 2 is 0.930 bits per heavy atom. The number of rotatable bonds is 4. The summed E-state index contributed by atoms with van der Waals surface area (Å²) in [6, 6.07) is 67.9. The van der Waals surface area contributed by atoms with E-state index in [1.54, 1.807) is 0 Å². The van der Waals surface area contributed by atoms with Gasteiger partial charge >= 0.3 is 0 Å².